The molecule has 100 valence electrons. The van der Waals surface area contributed by atoms with E-state index in [0.29, 0.717) is 17.8 Å². The van der Waals surface area contributed by atoms with Gasteiger partial charge in [-0.3, -0.25) is 0 Å². The normalized spacial score (nSPS) is 24.8. The smallest absolute Gasteiger partial charge is 0.143 e. The molecular formula is C14H23N3O. The zero-order chi connectivity index (χ0) is 13.1. The first kappa shape index (κ1) is 13.0. The Labute approximate surface area is 109 Å². The largest absolute Gasteiger partial charge is 0.495 e. The molecule has 0 amide bonds. The molecule has 0 spiro atoms. The molecule has 2 atom stereocenters. The van der Waals surface area contributed by atoms with Gasteiger partial charge in [0.05, 0.1) is 18.5 Å². The lowest BCUT2D eigenvalue weighted by Gasteiger charge is -2.39. The van der Waals surface area contributed by atoms with Crippen LogP contribution in [0, 0.1) is 0 Å². The number of anilines is 2. The maximum absolute atomic E-state index is 5.82. The molecule has 1 saturated heterocycles. The molecule has 1 heterocycles. The van der Waals surface area contributed by atoms with Crippen LogP contribution in [0.15, 0.2) is 18.2 Å². The molecule has 0 saturated carbocycles. The topological polar surface area (TPSA) is 50.5 Å². The molecule has 4 heteroatoms. The first-order valence-corrected chi connectivity index (χ1v) is 6.60. The van der Waals surface area contributed by atoms with Gasteiger partial charge in [-0.1, -0.05) is 6.42 Å². The predicted molar refractivity (Wildman–Crippen MR) is 75.6 cm³/mol. The Morgan fingerprint density at radius 3 is 2.56 bits per heavy atom. The van der Waals surface area contributed by atoms with E-state index in [0.717, 1.165) is 11.4 Å². The Balaban J connectivity index is 2.12. The lowest BCUT2D eigenvalue weighted by Crippen LogP contribution is -2.47. The minimum atomic E-state index is 0.553. The number of methoxy groups -OCH3 is 1. The molecule has 1 aliphatic rings. The molecule has 1 aromatic carbocycles. The van der Waals surface area contributed by atoms with Crippen LogP contribution in [0.1, 0.15) is 33.1 Å². The summed E-state index contributed by atoms with van der Waals surface area (Å²) in [5.41, 5.74) is 11.0. The van der Waals surface area contributed by atoms with Crippen LogP contribution < -0.4 is 15.9 Å². The van der Waals surface area contributed by atoms with E-state index in [4.69, 9.17) is 10.5 Å². The van der Waals surface area contributed by atoms with E-state index in [9.17, 15) is 0 Å². The van der Waals surface area contributed by atoms with E-state index in [1.165, 1.54) is 19.3 Å². The molecule has 2 rings (SSSR count). The number of ether oxygens (including phenoxy) is 1. The Morgan fingerprint density at radius 1 is 1.28 bits per heavy atom. The summed E-state index contributed by atoms with van der Waals surface area (Å²) in [6.07, 6.45) is 3.79. The summed E-state index contributed by atoms with van der Waals surface area (Å²) in [5, 5.41) is 2.33. The van der Waals surface area contributed by atoms with Gasteiger partial charge in [-0.2, -0.15) is 0 Å². The molecule has 0 bridgehead atoms. The zero-order valence-electron chi connectivity index (χ0n) is 11.4. The van der Waals surface area contributed by atoms with E-state index < -0.39 is 0 Å². The summed E-state index contributed by atoms with van der Waals surface area (Å²) in [5.74, 6) is 0.720. The maximum atomic E-state index is 5.82. The minimum Gasteiger partial charge on any atom is -0.495 e. The number of nitrogen functional groups attached to an aromatic ring is 1. The summed E-state index contributed by atoms with van der Waals surface area (Å²) < 4.78 is 5.24. The second-order valence-electron chi connectivity index (χ2n) is 5.10. The number of piperidine rings is 1. The summed E-state index contributed by atoms with van der Waals surface area (Å²) in [4.78, 5) is 0. The van der Waals surface area contributed by atoms with Crippen molar-refractivity contribution in [1.82, 2.24) is 5.01 Å². The number of hydrazine groups is 1. The Hall–Kier alpha value is -1.42. The van der Waals surface area contributed by atoms with Crippen molar-refractivity contribution in [2.45, 2.75) is 45.2 Å². The standard InChI is InChI=1S/C14H23N3O/c1-10-5-4-6-11(2)17(10)16-12-7-8-13(15)14(9-12)18-3/h7-11,16H,4-6,15H2,1-3H3. The number of hydrogen-bond acceptors (Lipinski definition) is 4. The van der Waals surface area contributed by atoms with Crippen molar-refractivity contribution in [3.05, 3.63) is 18.2 Å². The minimum absolute atomic E-state index is 0.553. The van der Waals surface area contributed by atoms with E-state index in [1.54, 1.807) is 7.11 Å². The third kappa shape index (κ3) is 2.70. The van der Waals surface area contributed by atoms with Crippen molar-refractivity contribution in [1.29, 1.82) is 0 Å². The van der Waals surface area contributed by atoms with Gasteiger partial charge in [0.25, 0.3) is 0 Å². The lowest BCUT2D eigenvalue weighted by atomic mass is 10.00. The monoisotopic (exact) mass is 249 g/mol. The summed E-state index contributed by atoms with van der Waals surface area (Å²) >= 11 is 0. The third-order valence-corrected chi connectivity index (χ3v) is 3.69. The third-order valence-electron chi connectivity index (χ3n) is 3.69. The van der Waals surface area contributed by atoms with Gasteiger partial charge in [-0.05, 0) is 38.8 Å². The van der Waals surface area contributed by atoms with Crippen molar-refractivity contribution in [2.75, 3.05) is 18.3 Å². The predicted octanol–water partition coefficient (Wildman–Crippen LogP) is 2.87. The summed E-state index contributed by atoms with van der Waals surface area (Å²) in [6.45, 7) is 4.52. The van der Waals surface area contributed by atoms with Crippen molar-refractivity contribution in [3.63, 3.8) is 0 Å². The number of hydrogen-bond donors (Lipinski definition) is 2. The molecule has 0 radical (unpaired) electrons. The van der Waals surface area contributed by atoms with Gasteiger partial charge in [0, 0.05) is 18.2 Å². The van der Waals surface area contributed by atoms with E-state index in [1.807, 2.05) is 18.2 Å². The lowest BCUT2D eigenvalue weighted by molar-refractivity contribution is 0.135. The first-order chi connectivity index (χ1) is 8.61. The molecule has 4 nitrogen and oxygen atoms in total. The molecule has 1 aliphatic heterocycles. The second kappa shape index (κ2) is 5.48. The molecule has 1 aromatic rings. The average molecular weight is 249 g/mol. The SMILES string of the molecule is COc1cc(NN2C(C)CCCC2C)ccc1N. The van der Waals surface area contributed by atoms with Crippen LogP contribution >= 0.6 is 0 Å². The number of benzene rings is 1. The van der Waals surface area contributed by atoms with Crippen LogP contribution in [-0.2, 0) is 0 Å². The van der Waals surface area contributed by atoms with Gasteiger partial charge in [0.1, 0.15) is 5.75 Å². The van der Waals surface area contributed by atoms with Gasteiger partial charge < -0.3 is 15.9 Å². The highest BCUT2D eigenvalue weighted by molar-refractivity contribution is 5.61. The van der Waals surface area contributed by atoms with Gasteiger partial charge in [0.15, 0.2) is 0 Å². The first-order valence-electron chi connectivity index (χ1n) is 6.60. The number of rotatable bonds is 3. The highest BCUT2D eigenvalue weighted by Gasteiger charge is 2.24. The Bertz CT molecular complexity index is 398. The quantitative estimate of drug-likeness (QED) is 0.809. The van der Waals surface area contributed by atoms with Crippen molar-refractivity contribution in [2.24, 2.45) is 0 Å². The highest BCUT2D eigenvalue weighted by atomic mass is 16.5. The van der Waals surface area contributed by atoms with Crippen LogP contribution in [0.3, 0.4) is 0 Å². The Kier molecular flexibility index (Phi) is 3.97. The van der Waals surface area contributed by atoms with Crippen molar-refractivity contribution < 1.29 is 4.74 Å². The fourth-order valence-electron chi connectivity index (χ4n) is 2.57. The molecular weight excluding hydrogens is 226 g/mol. The van der Waals surface area contributed by atoms with E-state index in [2.05, 4.69) is 24.3 Å². The van der Waals surface area contributed by atoms with Crippen LogP contribution in [-0.4, -0.2) is 24.2 Å². The fourth-order valence-corrected chi connectivity index (χ4v) is 2.57. The molecule has 3 N–H and O–H groups in total. The average Bonchev–Trinajstić information content (AvgIpc) is 2.36. The summed E-state index contributed by atoms with van der Waals surface area (Å²) in [7, 11) is 1.64. The van der Waals surface area contributed by atoms with Gasteiger partial charge in [-0.25, -0.2) is 5.01 Å². The molecule has 1 fully saturated rings. The van der Waals surface area contributed by atoms with E-state index in [-0.39, 0.29) is 0 Å². The van der Waals surface area contributed by atoms with Crippen LogP contribution in [0.5, 0.6) is 5.75 Å². The molecule has 2 unspecified atom stereocenters. The molecule has 0 aliphatic carbocycles. The second-order valence-corrected chi connectivity index (χ2v) is 5.10. The maximum Gasteiger partial charge on any atom is 0.143 e. The van der Waals surface area contributed by atoms with Crippen molar-refractivity contribution >= 4 is 11.4 Å². The van der Waals surface area contributed by atoms with Gasteiger partial charge in [-0.15, -0.1) is 0 Å². The van der Waals surface area contributed by atoms with Crippen LogP contribution in [0.4, 0.5) is 11.4 Å². The molecule has 18 heavy (non-hydrogen) atoms. The molecule has 0 aromatic heterocycles. The Morgan fingerprint density at radius 2 is 1.94 bits per heavy atom. The van der Waals surface area contributed by atoms with Gasteiger partial charge in [0.2, 0.25) is 0 Å². The summed E-state index contributed by atoms with van der Waals surface area (Å²) in [6, 6.07) is 6.92. The van der Waals surface area contributed by atoms with Crippen LogP contribution in [0.25, 0.3) is 0 Å². The number of nitrogens with two attached hydrogens (primary N) is 1. The van der Waals surface area contributed by atoms with E-state index >= 15 is 0 Å². The number of nitrogens with one attached hydrogen (secondary N) is 1. The van der Waals surface area contributed by atoms with Crippen LogP contribution in [0.2, 0.25) is 0 Å². The number of nitrogens with zero attached hydrogens (tertiary/aromatic N) is 1. The fraction of sp³-hybridized carbons (Fsp3) is 0.571. The highest BCUT2D eigenvalue weighted by Crippen LogP contribution is 2.28. The zero-order valence-corrected chi connectivity index (χ0v) is 11.4. The van der Waals surface area contributed by atoms with Crippen molar-refractivity contribution in [3.8, 4) is 5.75 Å². The van der Waals surface area contributed by atoms with Gasteiger partial charge >= 0.3 is 0 Å².